The molecule has 1 aliphatic heterocycles. The fraction of sp³-hybridized carbons (Fsp3) is 0.222. The summed E-state index contributed by atoms with van der Waals surface area (Å²) >= 11 is 12.9. The molecule has 7 nitrogen and oxygen atoms in total. The summed E-state index contributed by atoms with van der Waals surface area (Å²) in [4.78, 5) is 19.2. The Kier molecular flexibility index (Phi) is 10.9. The molecule has 1 heterocycles. The fourth-order valence-corrected chi connectivity index (χ4v) is 5.87. The maximum absolute atomic E-state index is 14.2. The molecule has 0 fully saturated rings. The number of aliphatic hydroxyl groups excluding tert-OH is 1. The van der Waals surface area contributed by atoms with E-state index in [9.17, 15) is 4.79 Å². The lowest BCUT2D eigenvalue weighted by Gasteiger charge is -2.30. The first-order chi connectivity index (χ1) is 21.9. The van der Waals surface area contributed by atoms with Gasteiger partial charge in [0.2, 0.25) is 5.90 Å². The summed E-state index contributed by atoms with van der Waals surface area (Å²) in [6.07, 6.45) is 1.50. The van der Waals surface area contributed by atoms with E-state index in [4.69, 9.17) is 42.8 Å². The summed E-state index contributed by atoms with van der Waals surface area (Å²) in [6, 6.07) is 32.6. The van der Waals surface area contributed by atoms with Crippen LogP contribution >= 0.6 is 23.2 Å². The lowest BCUT2D eigenvalue weighted by atomic mass is 9.84. The van der Waals surface area contributed by atoms with Gasteiger partial charge < -0.3 is 14.6 Å². The van der Waals surface area contributed by atoms with E-state index in [1.807, 2.05) is 48.5 Å². The highest BCUT2D eigenvalue weighted by Crippen LogP contribution is 2.45. The highest BCUT2D eigenvalue weighted by Gasteiger charge is 2.53. The van der Waals surface area contributed by atoms with Crippen LogP contribution in [-0.2, 0) is 9.53 Å². The van der Waals surface area contributed by atoms with Gasteiger partial charge in [0.1, 0.15) is 5.75 Å². The molecule has 1 aliphatic rings. The van der Waals surface area contributed by atoms with Gasteiger partial charge in [0.05, 0.1) is 6.61 Å². The molecule has 9 heteroatoms. The highest BCUT2D eigenvalue weighted by molar-refractivity contribution is 6.35. The summed E-state index contributed by atoms with van der Waals surface area (Å²) in [5.41, 5.74) is 8.16. The number of benzene rings is 4. The van der Waals surface area contributed by atoms with Crippen LogP contribution in [0.2, 0.25) is 10.0 Å². The van der Waals surface area contributed by atoms with Gasteiger partial charge in [-0.25, -0.2) is 10.4 Å². The van der Waals surface area contributed by atoms with Gasteiger partial charge >= 0.3 is 0 Å². The summed E-state index contributed by atoms with van der Waals surface area (Å²) < 4.78 is 12.1. The molecule has 0 bridgehead atoms. The minimum absolute atomic E-state index is 0.0124. The Hall–Kier alpha value is -4.14. The average Bonchev–Trinajstić information content (AvgIpc) is 3.44. The summed E-state index contributed by atoms with van der Waals surface area (Å²) in [6.45, 7) is 4.82. The van der Waals surface area contributed by atoms with Gasteiger partial charge in [0.25, 0.3) is 5.91 Å². The van der Waals surface area contributed by atoms with E-state index in [0.29, 0.717) is 46.5 Å². The molecule has 0 aliphatic carbocycles. The van der Waals surface area contributed by atoms with Crippen molar-refractivity contribution >= 4 is 35.0 Å². The molecule has 3 N–H and O–H groups in total. The van der Waals surface area contributed by atoms with Crippen molar-refractivity contribution in [3.63, 3.8) is 0 Å². The van der Waals surface area contributed by atoms with Crippen molar-refractivity contribution in [2.75, 3.05) is 19.8 Å². The molecule has 0 spiro atoms. The number of nitrogens with zero attached hydrogens (tertiary/aromatic N) is 1. The van der Waals surface area contributed by atoms with Crippen LogP contribution in [-0.4, -0.2) is 42.2 Å². The van der Waals surface area contributed by atoms with Crippen LogP contribution < -0.4 is 15.6 Å². The zero-order valence-corrected chi connectivity index (χ0v) is 26.2. The number of hydrazine groups is 1. The lowest BCUT2D eigenvalue weighted by Crippen LogP contribution is -2.53. The van der Waals surface area contributed by atoms with Crippen molar-refractivity contribution < 1.29 is 19.4 Å². The van der Waals surface area contributed by atoms with Gasteiger partial charge in [-0.15, -0.1) is 6.58 Å². The Labute approximate surface area is 273 Å². The van der Waals surface area contributed by atoms with Gasteiger partial charge in [0, 0.05) is 53.1 Å². The second kappa shape index (κ2) is 15.2. The molecule has 0 saturated heterocycles. The van der Waals surface area contributed by atoms with Crippen LogP contribution in [0, 0.1) is 0 Å². The van der Waals surface area contributed by atoms with E-state index in [0.717, 1.165) is 11.1 Å². The van der Waals surface area contributed by atoms with Crippen molar-refractivity contribution in [2.24, 2.45) is 4.99 Å². The predicted octanol–water partition coefficient (Wildman–Crippen LogP) is 7.04. The third-order valence-electron chi connectivity index (χ3n) is 7.64. The Morgan fingerprint density at radius 3 is 2.27 bits per heavy atom. The Bertz CT molecular complexity index is 1580. The van der Waals surface area contributed by atoms with E-state index in [2.05, 4.69) is 41.7 Å². The van der Waals surface area contributed by atoms with Gasteiger partial charge in [-0.05, 0) is 47.5 Å². The number of ether oxygens (including phenoxy) is 2. The van der Waals surface area contributed by atoms with E-state index in [1.165, 1.54) is 0 Å². The summed E-state index contributed by atoms with van der Waals surface area (Å²) in [5, 5.41) is 9.86. The fourth-order valence-electron chi connectivity index (χ4n) is 5.37. The summed E-state index contributed by atoms with van der Waals surface area (Å²) in [5.74, 6) is 0.531. The SMILES string of the molecule is C=CC[C@]1(C(=O)NNCC(c2ccccc2)c2ccccc2)N=C(c2ccc(OCCCO)cc2)O[C@H]1c1ccc(Cl)cc1Cl. The van der Waals surface area contributed by atoms with Crippen molar-refractivity contribution in [1.82, 2.24) is 10.9 Å². The molecule has 232 valence electrons. The van der Waals surface area contributed by atoms with Gasteiger partial charge in [-0.2, -0.15) is 0 Å². The van der Waals surface area contributed by atoms with Crippen LogP contribution in [0.3, 0.4) is 0 Å². The number of amides is 1. The number of carbonyl (C=O) groups is 1. The van der Waals surface area contributed by atoms with E-state index >= 15 is 0 Å². The maximum atomic E-state index is 14.2. The molecule has 4 aromatic carbocycles. The molecule has 2 atom stereocenters. The van der Waals surface area contributed by atoms with Crippen LogP contribution in [0.5, 0.6) is 5.75 Å². The Morgan fingerprint density at radius 1 is 1.00 bits per heavy atom. The van der Waals surface area contributed by atoms with Crippen molar-refractivity contribution in [1.29, 1.82) is 0 Å². The highest BCUT2D eigenvalue weighted by atomic mass is 35.5. The topological polar surface area (TPSA) is 92.2 Å². The molecule has 4 aromatic rings. The number of hydrogen-bond donors (Lipinski definition) is 3. The van der Waals surface area contributed by atoms with Crippen molar-refractivity contribution in [2.45, 2.75) is 30.4 Å². The first kappa shape index (κ1) is 32.3. The smallest absolute Gasteiger partial charge is 0.266 e. The summed E-state index contributed by atoms with van der Waals surface area (Å²) in [7, 11) is 0. The van der Waals surface area contributed by atoms with Crippen LogP contribution in [0.1, 0.15) is 47.1 Å². The second-order valence-electron chi connectivity index (χ2n) is 10.7. The number of hydrogen-bond acceptors (Lipinski definition) is 6. The molecular formula is C36H35Cl2N3O4. The van der Waals surface area contributed by atoms with Crippen LogP contribution in [0.15, 0.2) is 121 Å². The molecule has 0 unspecified atom stereocenters. The zero-order chi connectivity index (χ0) is 31.6. The Balaban J connectivity index is 1.44. The monoisotopic (exact) mass is 643 g/mol. The quantitative estimate of drug-likeness (QED) is 0.0779. The van der Waals surface area contributed by atoms with E-state index in [1.54, 1.807) is 36.4 Å². The number of halogens is 2. The van der Waals surface area contributed by atoms with Gasteiger partial charge in [0.15, 0.2) is 11.6 Å². The third-order valence-corrected chi connectivity index (χ3v) is 8.20. The van der Waals surface area contributed by atoms with Gasteiger partial charge in [-0.1, -0.05) is 96.0 Å². The van der Waals surface area contributed by atoms with E-state index < -0.39 is 17.6 Å². The number of nitrogens with one attached hydrogen (secondary N) is 2. The minimum atomic E-state index is -1.42. The molecular weight excluding hydrogens is 609 g/mol. The Morgan fingerprint density at radius 2 is 1.67 bits per heavy atom. The molecule has 0 radical (unpaired) electrons. The second-order valence-corrected chi connectivity index (χ2v) is 11.5. The lowest BCUT2D eigenvalue weighted by molar-refractivity contribution is -0.129. The average molecular weight is 645 g/mol. The standard InChI is InChI=1S/C36H35Cl2N3O4/c1-2-20-36(35(43)41-39-24-31(25-10-5-3-6-11-25)26-12-7-4-8-13-26)33(30-19-16-28(37)23-32(30)38)45-34(40-36)27-14-17-29(18-15-27)44-22-9-21-42/h2-8,10-19,23,31,33,39,42H,1,9,20-22,24H2,(H,41,43)/t33-,36-/m0/s1. The van der Waals surface area contributed by atoms with Crippen LogP contribution in [0.4, 0.5) is 0 Å². The number of rotatable bonds is 14. The zero-order valence-electron chi connectivity index (χ0n) is 24.7. The molecule has 0 saturated carbocycles. The largest absolute Gasteiger partial charge is 0.494 e. The first-order valence-corrected chi connectivity index (χ1v) is 15.5. The maximum Gasteiger partial charge on any atom is 0.266 e. The molecule has 45 heavy (non-hydrogen) atoms. The third kappa shape index (κ3) is 7.57. The molecule has 1 amide bonds. The van der Waals surface area contributed by atoms with Gasteiger partial charge in [-0.3, -0.25) is 10.2 Å². The minimum Gasteiger partial charge on any atom is -0.494 e. The first-order valence-electron chi connectivity index (χ1n) is 14.7. The molecule has 5 rings (SSSR count). The number of aliphatic hydroxyl groups is 1. The normalized spacial score (nSPS) is 17.4. The number of aliphatic imine (C=N–C) groups is 1. The number of carbonyl (C=O) groups excluding carboxylic acids is 1. The van der Waals surface area contributed by atoms with Crippen LogP contribution in [0.25, 0.3) is 0 Å². The predicted molar refractivity (Wildman–Crippen MR) is 179 cm³/mol. The van der Waals surface area contributed by atoms with Crippen molar-refractivity contribution in [3.8, 4) is 5.75 Å². The van der Waals surface area contributed by atoms with Crippen molar-refractivity contribution in [3.05, 3.63) is 148 Å². The molecule has 0 aromatic heterocycles. The van der Waals surface area contributed by atoms with E-state index in [-0.39, 0.29) is 24.8 Å².